The number of phosphoric ester groups is 1. The Labute approximate surface area is 213 Å². The van der Waals surface area contributed by atoms with Gasteiger partial charge in [0.2, 0.25) is 11.8 Å². The number of nitrogens with one attached hydrogen (secondary N) is 2. The van der Waals surface area contributed by atoms with E-state index >= 15 is 0 Å². The molecular formula is C25H53N3O6P+. The summed E-state index contributed by atoms with van der Waals surface area (Å²) in [5.41, 5.74) is 0. The summed E-state index contributed by atoms with van der Waals surface area (Å²) < 4.78 is 22.3. The molecule has 0 aliphatic heterocycles. The third-order valence-electron chi connectivity index (χ3n) is 5.70. The molecule has 208 valence electrons. The van der Waals surface area contributed by atoms with Gasteiger partial charge in [-0.3, -0.25) is 18.6 Å². The Bertz CT molecular complexity index is 625. The highest BCUT2D eigenvalue weighted by Crippen LogP contribution is 2.43. The van der Waals surface area contributed by atoms with Crippen molar-refractivity contribution in [2.45, 2.75) is 97.4 Å². The van der Waals surface area contributed by atoms with E-state index in [0.717, 1.165) is 12.8 Å². The number of carbonyl (C=O) groups is 2. The second-order valence-corrected chi connectivity index (χ2v) is 12.1. The number of phosphoric acid groups is 1. The minimum atomic E-state index is -4.21. The standard InChI is InChI=1S/C25H52N3O6P/c1-7-8-9-10-11-12-13-14-15-16-18-26-25(30)24(22(2)3)27-23(29)17-20-33-35(31,32)34-21-19-28(4,5)6/h22,24H,7-21H2,1-6H3,(H2-,26,27,29,30,31,32)/p+1/t24-/m0/s1. The van der Waals surface area contributed by atoms with Crippen molar-refractivity contribution in [3.8, 4) is 0 Å². The molecule has 0 aromatic carbocycles. The number of amides is 2. The van der Waals surface area contributed by atoms with E-state index in [9.17, 15) is 19.0 Å². The van der Waals surface area contributed by atoms with Gasteiger partial charge in [0.1, 0.15) is 19.2 Å². The van der Waals surface area contributed by atoms with Gasteiger partial charge in [0.15, 0.2) is 0 Å². The van der Waals surface area contributed by atoms with Crippen molar-refractivity contribution in [3.05, 3.63) is 0 Å². The van der Waals surface area contributed by atoms with Crippen LogP contribution in [0.5, 0.6) is 0 Å². The van der Waals surface area contributed by atoms with E-state index in [0.29, 0.717) is 17.6 Å². The van der Waals surface area contributed by atoms with Crippen molar-refractivity contribution < 1.29 is 32.6 Å². The number of likely N-dealkylation sites (N-methyl/N-ethyl adjacent to an activating group) is 1. The zero-order chi connectivity index (χ0) is 26.7. The monoisotopic (exact) mass is 522 g/mol. The Morgan fingerprint density at radius 3 is 1.91 bits per heavy atom. The second-order valence-electron chi connectivity index (χ2n) is 10.7. The molecule has 1 unspecified atom stereocenters. The van der Waals surface area contributed by atoms with Crippen LogP contribution in [0, 0.1) is 5.92 Å². The van der Waals surface area contributed by atoms with Gasteiger partial charge in [-0.1, -0.05) is 78.6 Å². The van der Waals surface area contributed by atoms with E-state index in [2.05, 4.69) is 17.6 Å². The average Bonchev–Trinajstić information content (AvgIpc) is 2.74. The molecule has 9 nitrogen and oxygen atoms in total. The van der Waals surface area contributed by atoms with Gasteiger partial charge in [0.25, 0.3) is 0 Å². The molecule has 0 aliphatic carbocycles. The maximum Gasteiger partial charge on any atom is 0.472 e. The first-order valence-electron chi connectivity index (χ1n) is 13.4. The molecule has 2 amide bonds. The highest BCUT2D eigenvalue weighted by atomic mass is 31.2. The maximum atomic E-state index is 12.5. The molecule has 10 heteroatoms. The van der Waals surface area contributed by atoms with Gasteiger partial charge in [0.05, 0.1) is 34.2 Å². The molecule has 0 fully saturated rings. The lowest BCUT2D eigenvalue weighted by Gasteiger charge is -2.24. The summed E-state index contributed by atoms with van der Waals surface area (Å²) in [6, 6.07) is -0.660. The molecule has 0 aromatic heterocycles. The van der Waals surface area contributed by atoms with E-state index in [1.165, 1.54) is 51.4 Å². The third-order valence-corrected chi connectivity index (χ3v) is 6.71. The second kappa shape index (κ2) is 19.2. The molecule has 0 heterocycles. The number of quaternary nitrogens is 1. The lowest BCUT2D eigenvalue weighted by atomic mass is 10.0. The van der Waals surface area contributed by atoms with Gasteiger partial charge < -0.3 is 20.0 Å². The molecule has 35 heavy (non-hydrogen) atoms. The molecule has 0 saturated heterocycles. The smallest absolute Gasteiger partial charge is 0.354 e. The highest BCUT2D eigenvalue weighted by molar-refractivity contribution is 7.47. The van der Waals surface area contributed by atoms with Crippen molar-refractivity contribution in [1.82, 2.24) is 10.6 Å². The van der Waals surface area contributed by atoms with Crippen molar-refractivity contribution in [2.24, 2.45) is 5.92 Å². The zero-order valence-corrected chi connectivity index (χ0v) is 24.0. The van der Waals surface area contributed by atoms with E-state index in [4.69, 9.17) is 9.05 Å². The molecule has 0 spiro atoms. The molecule has 0 aliphatic rings. The van der Waals surface area contributed by atoms with Crippen LogP contribution in [0.1, 0.15) is 91.4 Å². The van der Waals surface area contributed by atoms with Crippen molar-refractivity contribution in [2.75, 3.05) is 47.4 Å². The fourth-order valence-corrected chi connectivity index (χ4v) is 4.14. The fourth-order valence-electron chi connectivity index (χ4n) is 3.44. The first-order valence-corrected chi connectivity index (χ1v) is 14.9. The Balaban J connectivity index is 4.09. The van der Waals surface area contributed by atoms with E-state index in [1.54, 1.807) is 0 Å². The average molecular weight is 523 g/mol. The molecule has 0 rings (SSSR count). The predicted molar refractivity (Wildman–Crippen MR) is 141 cm³/mol. The minimum absolute atomic E-state index is 0.0676. The lowest BCUT2D eigenvalue weighted by molar-refractivity contribution is -0.870. The molecule has 0 bridgehead atoms. The van der Waals surface area contributed by atoms with Gasteiger partial charge in [-0.05, 0) is 12.3 Å². The molecule has 0 radical (unpaired) electrons. The van der Waals surface area contributed by atoms with E-state index in [1.807, 2.05) is 35.0 Å². The molecule has 0 saturated carbocycles. The van der Waals surface area contributed by atoms with Gasteiger partial charge in [0, 0.05) is 6.54 Å². The summed E-state index contributed by atoms with van der Waals surface area (Å²) in [6.07, 6.45) is 12.2. The summed E-state index contributed by atoms with van der Waals surface area (Å²) in [7, 11) is 1.61. The van der Waals surface area contributed by atoms with Crippen LogP contribution < -0.4 is 10.6 Å². The van der Waals surface area contributed by atoms with Crippen LogP contribution in [-0.4, -0.2) is 74.7 Å². The lowest BCUT2D eigenvalue weighted by Crippen LogP contribution is -2.50. The number of hydrogen-bond acceptors (Lipinski definition) is 5. The van der Waals surface area contributed by atoms with Crippen molar-refractivity contribution >= 4 is 19.6 Å². The van der Waals surface area contributed by atoms with Crippen LogP contribution in [0.3, 0.4) is 0 Å². The van der Waals surface area contributed by atoms with Crippen LogP contribution in [0.2, 0.25) is 0 Å². The van der Waals surface area contributed by atoms with E-state index in [-0.39, 0.29) is 31.5 Å². The first-order chi connectivity index (χ1) is 16.4. The summed E-state index contributed by atoms with van der Waals surface area (Å²) in [4.78, 5) is 34.5. The summed E-state index contributed by atoms with van der Waals surface area (Å²) in [5, 5.41) is 5.63. The van der Waals surface area contributed by atoms with Gasteiger partial charge in [-0.2, -0.15) is 0 Å². The van der Waals surface area contributed by atoms with Crippen LogP contribution in [0.25, 0.3) is 0 Å². The fraction of sp³-hybridized carbons (Fsp3) is 0.920. The van der Waals surface area contributed by atoms with Crippen molar-refractivity contribution in [3.63, 3.8) is 0 Å². The Kier molecular flexibility index (Phi) is 18.6. The number of hydrogen-bond donors (Lipinski definition) is 3. The number of nitrogens with zero attached hydrogens (tertiary/aromatic N) is 1. The molecule has 0 aromatic rings. The summed E-state index contributed by atoms with van der Waals surface area (Å²) >= 11 is 0. The van der Waals surface area contributed by atoms with Crippen LogP contribution in [0.15, 0.2) is 0 Å². The Hall–Kier alpha value is -0.990. The molecule has 3 N–H and O–H groups in total. The Morgan fingerprint density at radius 1 is 0.886 bits per heavy atom. The van der Waals surface area contributed by atoms with Gasteiger partial charge in [-0.15, -0.1) is 0 Å². The van der Waals surface area contributed by atoms with Crippen LogP contribution in [0.4, 0.5) is 0 Å². The summed E-state index contributed by atoms with van der Waals surface area (Å²) in [5.74, 6) is -0.707. The van der Waals surface area contributed by atoms with Crippen LogP contribution >= 0.6 is 7.82 Å². The van der Waals surface area contributed by atoms with Crippen molar-refractivity contribution in [1.29, 1.82) is 0 Å². The normalized spacial score (nSPS) is 14.5. The number of rotatable bonds is 22. The number of unbranched alkanes of at least 4 members (excludes halogenated alkanes) is 9. The van der Waals surface area contributed by atoms with E-state index < -0.39 is 19.8 Å². The quantitative estimate of drug-likeness (QED) is 0.110. The van der Waals surface area contributed by atoms with Crippen LogP contribution in [-0.2, 0) is 23.2 Å². The SMILES string of the molecule is CCCCCCCCCCCCNC(=O)[C@@H](NC(=O)CCOP(=O)(O)OCC[N+](C)(C)C)C(C)C. The third kappa shape index (κ3) is 20.9. The highest BCUT2D eigenvalue weighted by Gasteiger charge is 2.25. The molecular weight excluding hydrogens is 469 g/mol. The molecule has 2 atom stereocenters. The topological polar surface area (TPSA) is 114 Å². The first kappa shape index (κ1) is 34.0. The Morgan fingerprint density at radius 2 is 1.40 bits per heavy atom. The van der Waals surface area contributed by atoms with Gasteiger partial charge >= 0.3 is 7.82 Å². The number of carbonyl (C=O) groups excluding carboxylic acids is 2. The largest absolute Gasteiger partial charge is 0.472 e. The minimum Gasteiger partial charge on any atom is -0.354 e. The summed E-state index contributed by atoms with van der Waals surface area (Å²) in [6.45, 7) is 6.90. The zero-order valence-electron chi connectivity index (χ0n) is 23.1. The maximum absolute atomic E-state index is 12.5. The van der Waals surface area contributed by atoms with Gasteiger partial charge in [-0.25, -0.2) is 4.57 Å². The predicted octanol–water partition coefficient (Wildman–Crippen LogP) is 4.39.